The molecule has 0 aliphatic carbocycles. The summed E-state index contributed by atoms with van der Waals surface area (Å²) in [6.07, 6.45) is 11.2. The van der Waals surface area contributed by atoms with Crippen LogP contribution < -0.4 is 9.80 Å². The molecule has 9 nitrogen and oxygen atoms in total. The third kappa shape index (κ3) is 8.08. The summed E-state index contributed by atoms with van der Waals surface area (Å²) in [5.74, 6) is 2.87. The Kier molecular flexibility index (Phi) is 10.8. The Morgan fingerprint density at radius 1 is 0.810 bits per heavy atom. The average molecular weight is 574 g/mol. The lowest BCUT2D eigenvalue weighted by Crippen LogP contribution is -2.49. The van der Waals surface area contributed by atoms with Gasteiger partial charge in [0.2, 0.25) is 0 Å². The number of fused-ring (bicyclic) bond motifs is 1. The van der Waals surface area contributed by atoms with Crippen molar-refractivity contribution in [2.45, 2.75) is 25.7 Å². The van der Waals surface area contributed by atoms with Crippen molar-refractivity contribution in [1.82, 2.24) is 29.6 Å². The van der Waals surface area contributed by atoms with Gasteiger partial charge in [-0.25, -0.2) is 15.0 Å². The maximum absolute atomic E-state index is 5.27. The van der Waals surface area contributed by atoms with Crippen LogP contribution in [0.25, 0.3) is 11.0 Å². The van der Waals surface area contributed by atoms with Crippen LogP contribution >= 0.6 is 0 Å². The molecular weight excluding hydrogens is 522 g/mol. The third-order valence-corrected chi connectivity index (χ3v) is 8.97. The van der Waals surface area contributed by atoms with E-state index in [0.717, 1.165) is 113 Å². The monoisotopic (exact) mass is 573 g/mol. The summed E-state index contributed by atoms with van der Waals surface area (Å²) in [7, 11) is 4.32. The van der Waals surface area contributed by atoms with Gasteiger partial charge in [-0.1, -0.05) is 12.2 Å². The molecule has 2 aromatic rings. The van der Waals surface area contributed by atoms with Gasteiger partial charge in [0.25, 0.3) is 0 Å². The van der Waals surface area contributed by atoms with Crippen molar-refractivity contribution in [1.29, 1.82) is 0 Å². The van der Waals surface area contributed by atoms with Crippen LogP contribution in [0, 0.1) is 5.92 Å². The highest BCUT2D eigenvalue weighted by atomic mass is 15.3. The fraction of sp³-hybridized carbons (Fsp3) is 0.606. The average Bonchev–Trinajstić information content (AvgIpc) is 3.01. The number of hydrogen-bond acceptors (Lipinski definition) is 8. The topological polar surface area (TPSA) is 57.6 Å². The van der Waals surface area contributed by atoms with Crippen molar-refractivity contribution in [2.24, 2.45) is 10.9 Å². The van der Waals surface area contributed by atoms with Crippen LogP contribution in [0.5, 0.6) is 0 Å². The molecule has 0 N–H and O–H groups in total. The van der Waals surface area contributed by atoms with Gasteiger partial charge in [-0.3, -0.25) is 9.80 Å². The molecule has 0 atom stereocenters. The van der Waals surface area contributed by atoms with Crippen molar-refractivity contribution in [2.75, 3.05) is 109 Å². The first-order chi connectivity index (χ1) is 20.5. The molecule has 3 saturated heterocycles. The van der Waals surface area contributed by atoms with E-state index in [1.54, 1.807) is 0 Å². The molecule has 0 radical (unpaired) electrons. The van der Waals surface area contributed by atoms with Crippen LogP contribution in [0.3, 0.4) is 0 Å². The lowest BCUT2D eigenvalue weighted by atomic mass is 9.92. The molecule has 3 aliphatic rings. The highest BCUT2D eigenvalue weighted by Crippen LogP contribution is 2.31. The molecule has 9 heteroatoms. The zero-order valence-corrected chi connectivity index (χ0v) is 26.0. The Morgan fingerprint density at radius 2 is 1.38 bits per heavy atom. The highest BCUT2D eigenvalue weighted by molar-refractivity contribution is 5.84. The summed E-state index contributed by atoms with van der Waals surface area (Å²) in [5.41, 5.74) is 2.80. The van der Waals surface area contributed by atoms with E-state index >= 15 is 0 Å². The number of aromatic nitrogens is 2. The minimum atomic E-state index is 0.849. The van der Waals surface area contributed by atoms with Gasteiger partial charge in [0.1, 0.15) is 0 Å². The molecule has 3 fully saturated rings. The number of hydrogen-bond donors (Lipinski definition) is 0. The molecule has 0 saturated carbocycles. The Hall–Kier alpha value is -3.01. The predicted molar refractivity (Wildman–Crippen MR) is 177 cm³/mol. The molecule has 3 aliphatic heterocycles. The number of nitrogens with zero attached hydrogens (tertiary/aromatic N) is 9. The molecule has 0 amide bonds. The number of piperidine rings is 1. The van der Waals surface area contributed by atoms with Gasteiger partial charge >= 0.3 is 0 Å². The minimum absolute atomic E-state index is 0.849. The molecule has 228 valence electrons. The van der Waals surface area contributed by atoms with Crippen molar-refractivity contribution < 1.29 is 0 Å². The lowest BCUT2D eigenvalue weighted by molar-refractivity contribution is 0.250. The first kappa shape index (κ1) is 30.4. The molecule has 5 rings (SSSR count). The maximum atomic E-state index is 5.27. The van der Waals surface area contributed by atoms with Gasteiger partial charge in [0.15, 0.2) is 11.6 Å². The molecule has 4 heterocycles. The van der Waals surface area contributed by atoms with Crippen LogP contribution in [0.2, 0.25) is 0 Å². The summed E-state index contributed by atoms with van der Waals surface area (Å²) >= 11 is 0. The second-order valence-corrected chi connectivity index (χ2v) is 12.4. The summed E-state index contributed by atoms with van der Waals surface area (Å²) in [6, 6.07) is 6.28. The van der Waals surface area contributed by atoms with Gasteiger partial charge in [0.05, 0.1) is 23.1 Å². The molecule has 0 bridgehead atoms. The van der Waals surface area contributed by atoms with E-state index in [1.165, 1.54) is 32.2 Å². The van der Waals surface area contributed by atoms with Gasteiger partial charge in [0, 0.05) is 78.5 Å². The van der Waals surface area contributed by atoms with Crippen molar-refractivity contribution in [3.63, 3.8) is 0 Å². The predicted octanol–water partition coefficient (Wildman–Crippen LogP) is 3.96. The van der Waals surface area contributed by atoms with Crippen LogP contribution in [-0.2, 0) is 0 Å². The molecule has 0 spiro atoms. The van der Waals surface area contributed by atoms with E-state index in [0.29, 0.717) is 0 Å². The number of anilines is 2. The SMILES string of the molecule is C=CCN1CCN(c2nc3ccc(N=CN4CCC(CCCN(C)C)CC4)cc3nc2N2CCN(CC=C)CC2)CC1. The normalized spacial score (nSPS) is 19.8. The molecule has 1 aromatic heterocycles. The van der Waals surface area contributed by atoms with Gasteiger partial charge in [-0.15, -0.1) is 13.2 Å². The number of benzene rings is 1. The largest absolute Gasteiger partial charge is 0.363 e. The summed E-state index contributed by atoms with van der Waals surface area (Å²) in [4.78, 5) is 29.8. The van der Waals surface area contributed by atoms with Crippen LogP contribution in [0.15, 0.2) is 48.5 Å². The number of likely N-dealkylation sites (tertiary alicyclic amines) is 1. The summed E-state index contributed by atoms with van der Waals surface area (Å²) < 4.78 is 0. The van der Waals surface area contributed by atoms with E-state index in [1.807, 2.05) is 18.5 Å². The number of piperazine rings is 2. The van der Waals surface area contributed by atoms with Gasteiger partial charge in [-0.05, 0) is 70.4 Å². The fourth-order valence-electron chi connectivity index (χ4n) is 6.38. The zero-order valence-electron chi connectivity index (χ0n) is 26.0. The zero-order chi connectivity index (χ0) is 29.3. The van der Waals surface area contributed by atoms with E-state index < -0.39 is 0 Å². The van der Waals surface area contributed by atoms with Crippen LogP contribution in [0.4, 0.5) is 17.3 Å². The second-order valence-electron chi connectivity index (χ2n) is 12.4. The van der Waals surface area contributed by atoms with Crippen molar-refractivity contribution in [3.05, 3.63) is 43.5 Å². The number of rotatable bonds is 12. The standard InChI is InChI=1S/C33H51N9/c1-5-13-38-18-22-41(23-19-38)32-33(42-24-20-39(14-6-2)21-25-42)36-31-26-29(9-10-30(31)35-32)34-27-40-16-11-28(12-17-40)8-7-15-37(3)4/h5-6,9-10,26-28H,1-2,7-8,11-25H2,3-4H3. The highest BCUT2D eigenvalue weighted by Gasteiger charge is 2.26. The maximum Gasteiger partial charge on any atom is 0.172 e. The second kappa shape index (κ2) is 14.9. The van der Waals surface area contributed by atoms with Crippen molar-refractivity contribution in [3.8, 4) is 0 Å². The molecule has 0 unspecified atom stereocenters. The minimum Gasteiger partial charge on any atom is -0.363 e. The Balaban J connectivity index is 1.29. The van der Waals surface area contributed by atoms with Crippen molar-refractivity contribution >= 4 is 34.7 Å². The van der Waals surface area contributed by atoms with E-state index in [-0.39, 0.29) is 0 Å². The van der Waals surface area contributed by atoms with E-state index in [4.69, 9.17) is 15.0 Å². The molecule has 1 aromatic carbocycles. The van der Waals surface area contributed by atoms with E-state index in [9.17, 15) is 0 Å². The first-order valence-corrected chi connectivity index (χ1v) is 15.9. The van der Waals surface area contributed by atoms with Crippen LogP contribution in [-0.4, -0.2) is 135 Å². The summed E-state index contributed by atoms with van der Waals surface area (Å²) in [6.45, 7) is 20.9. The Bertz CT molecular complexity index is 1190. The first-order valence-electron chi connectivity index (χ1n) is 15.9. The third-order valence-electron chi connectivity index (χ3n) is 8.97. The quantitative estimate of drug-likeness (QED) is 0.215. The smallest absolute Gasteiger partial charge is 0.172 e. The fourth-order valence-corrected chi connectivity index (χ4v) is 6.38. The van der Waals surface area contributed by atoms with E-state index in [2.05, 4.69) is 74.9 Å². The molecule has 42 heavy (non-hydrogen) atoms. The lowest BCUT2D eigenvalue weighted by Gasteiger charge is -2.39. The van der Waals surface area contributed by atoms with Gasteiger partial charge < -0.3 is 19.6 Å². The van der Waals surface area contributed by atoms with Crippen LogP contribution in [0.1, 0.15) is 25.7 Å². The Labute approximate surface area is 253 Å². The Morgan fingerprint density at radius 3 is 1.93 bits per heavy atom. The summed E-state index contributed by atoms with van der Waals surface area (Å²) in [5, 5.41) is 0. The van der Waals surface area contributed by atoms with Gasteiger partial charge in [-0.2, -0.15) is 0 Å². The molecular formula is C33H51N9. The number of aliphatic imine (C=N–C) groups is 1.